The Morgan fingerprint density at radius 3 is 2.64 bits per heavy atom. The first-order chi connectivity index (χ1) is 17.5. The Balaban J connectivity index is 1.22. The SMILES string of the molecule is Cc1ccc(C(=O)Nc2ccc(N3CCCN(Cc4ccsc4)CC3)nc2)cc1-c1ccc(N)cc1. The third-order valence-corrected chi connectivity index (χ3v) is 7.36. The number of anilines is 3. The van der Waals surface area contributed by atoms with E-state index < -0.39 is 0 Å². The Hall–Kier alpha value is -3.68. The second kappa shape index (κ2) is 10.9. The maximum atomic E-state index is 13.0. The van der Waals surface area contributed by atoms with Gasteiger partial charge in [-0.05, 0) is 88.8 Å². The summed E-state index contributed by atoms with van der Waals surface area (Å²) in [5.74, 6) is 0.798. The molecule has 1 saturated heterocycles. The molecule has 36 heavy (non-hydrogen) atoms. The maximum absolute atomic E-state index is 13.0. The van der Waals surface area contributed by atoms with Crippen molar-refractivity contribution < 1.29 is 4.79 Å². The summed E-state index contributed by atoms with van der Waals surface area (Å²) in [5, 5.41) is 7.36. The van der Waals surface area contributed by atoms with Crippen LogP contribution in [-0.2, 0) is 6.54 Å². The number of amides is 1. The molecule has 1 aliphatic heterocycles. The van der Waals surface area contributed by atoms with E-state index in [0.29, 0.717) is 11.3 Å². The average molecular weight is 498 g/mol. The van der Waals surface area contributed by atoms with E-state index in [1.165, 1.54) is 5.56 Å². The summed E-state index contributed by atoms with van der Waals surface area (Å²) in [4.78, 5) is 22.5. The highest BCUT2D eigenvalue weighted by Crippen LogP contribution is 2.26. The van der Waals surface area contributed by atoms with Crippen molar-refractivity contribution in [2.24, 2.45) is 0 Å². The highest BCUT2D eigenvalue weighted by molar-refractivity contribution is 7.07. The van der Waals surface area contributed by atoms with Crippen LogP contribution in [0.3, 0.4) is 0 Å². The number of thiophene rings is 1. The molecule has 1 fully saturated rings. The molecule has 0 radical (unpaired) electrons. The van der Waals surface area contributed by atoms with Gasteiger partial charge < -0.3 is 16.0 Å². The van der Waals surface area contributed by atoms with E-state index in [-0.39, 0.29) is 5.91 Å². The molecule has 0 unspecified atom stereocenters. The molecule has 3 N–H and O–H groups in total. The third kappa shape index (κ3) is 5.75. The lowest BCUT2D eigenvalue weighted by molar-refractivity contribution is 0.102. The summed E-state index contributed by atoms with van der Waals surface area (Å²) in [6.45, 7) is 7.08. The minimum Gasteiger partial charge on any atom is -0.399 e. The topological polar surface area (TPSA) is 74.5 Å². The number of nitrogens with zero attached hydrogens (tertiary/aromatic N) is 3. The Kier molecular flexibility index (Phi) is 7.30. The Morgan fingerprint density at radius 1 is 1.03 bits per heavy atom. The van der Waals surface area contributed by atoms with Gasteiger partial charge in [-0.2, -0.15) is 11.3 Å². The van der Waals surface area contributed by atoms with Gasteiger partial charge in [0.25, 0.3) is 5.91 Å². The van der Waals surface area contributed by atoms with E-state index in [2.05, 4.69) is 36.9 Å². The van der Waals surface area contributed by atoms with Crippen LogP contribution in [0.25, 0.3) is 11.1 Å². The average Bonchev–Trinajstić information content (AvgIpc) is 3.29. The van der Waals surface area contributed by atoms with Crippen LogP contribution in [-0.4, -0.2) is 42.0 Å². The van der Waals surface area contributed by atoms with Gasteiger partial charge in [-0.1, -0.05) is 18.2 Å². The molecule has 184 valence electrons. The fourth-order valence-electron chi connectivity index (χ4n) is 4.59. The number of hydrogen-bond acceptors (Lipinski definition) is 6. The molecule has 0 atom stereocenters. The zero-order valence-electron chi connectivity index (χ0n) is 20.5. The minimum atomic E-state index is -0.153. The minimum absolute atomic E-state index is 0.153. The van der Waals surface area contributed by atoms with E-state index >= 15 is 0 Å². The van der Waals surface area contributed by atoms with Gasteiger partial charge in [-0.15, -0.1) is 0 Å². The number of nitrogens with two attached hydrogens (primary N) is 1. The number of nitrogens with one attached hydrogen (secondary N) is 1. The van der Waals surface area contributed by atoms with E-state index in [0.717, 1.165) is 67.3 Å². The number of pyridine rings is 1. The quantitative estimate of drug-likeness (QED) is 0.336. The van der Waals surface area contributed by atoms with Gasteiger partial charge in [-0.25, -0.2) is 4.98 Å². The van der Waals surface area contributed by atoms with Crippen LogP contribution in [0.5, 0.6) is 0 Å². The molecule has 0 bridgehead atoms. The van der Waals surface area contributed by atoms with Crippen molar-refractivity contribution in [1.29, 1.82) is 0 Å². The van der Waals surface area contributed by atoms with Gasteiger partial charge in [0.15, 0.2) is 0 Å². The standard InChI is InChI=1S/C29H31N5OS/c1-21-3-4-24(17-27(21)23-5-7-25(30)8-6-23)29(35)32-26-9-10-28(31-18-26)34-13-2-12-33(14-15-34)19-22-11-16-36-20-22/h3-11,16-18,20H,2,12-15,19,30H2,1H3,(H,32,35). The van der Waals surface area contributed by atoms with Crippen LogP contribution in [0.1, 0.15) is 27.9 Å². The number of carbonyl (C=O) groups excluding carboxylic acids is 1. The van der Waals surface area contributed by atoms with E-state index in [4.69, 9.17) is 5.73 Å². The van der Waals surface area contributed by atoms with Gasteiger partial charge in [0.1, 0.15) is 5.82 Å². The highest BCUT2D eigenvalue weighted by atomic mass is 32.1. The van der Waals surface area contributed by atoms with E-state index in [1.54, 1.807) is 17.5 Å². The molecule has 2 aromatic carbocycles. The molecule has 0 saturated carbocycles. The Bertz CT molecular complexity index is 1300. The number of aromatic nitrogens is 1. The first kappa shape index (κ1) is 24.0. The lowest BCUT2D eigenvalue weighted by Gasteiger charge is -2.22. The summed E-state index contributed by atoms with van der Waals surface area (Å²) in [7, 11) is 0. The fourth-order valence-corrected chi connectivity index (χ4v) is 5.25. The molecule has 2 aromatic heterocycles. The Morgan fingerprint density at radius 2 is 1.89 bits per heavy atom. The molecular formula is C29H31N5OS. The lowest BCUT2D eigenvalue weighted by Crippen LogP contribution is -2.30. The summed E-state index contributed by atoms with van der Waals surface area (Å²) < 4.78 is 0. The molecular weight excluding hydrogens is 466 g/mol. The second-order valence-corrected chi connectivity index (χ2v) is 10.0. The van der Waals surface area contributed by atoms with Crippen LogP contribution < -0.4 is 16.0 Å². The monoisotopic (exact) mass is 497 g/mol. The van der Waals surface area contributed by atoms with Gasteiger partial charge in [0.05, 0.1) is 11.9 Å². The van der Waals surface area contributed by atoms with Crippen molar-refractivity contribution in [3.8, 4) is 11.1 Å². The summed E-state index contributed by atoms with van der Waals surface area (Å²) in [6, 6.07) is 19.6. The molecule has 7 heteroatoms. The van der Waals surface area contributed by atoms with Crippen molar-refractivity contribution in [1.82, 2.24) is 9.88 Å². The van der Waals surface area contributed by atoms with Crippen LogP contribution in [0.2, 0.25) is 0 Å². The van der Waals surface area contributed by atoms with Gasteiger partial charge in [0, 0.05) is 44.0 Å². The van der Waals surface area contributed by atoms with Crippen LogP contribution >= 0.6 is 11.3 Å². The molecule has 1 aliphatic rings. The van der Waals surface area contributed by atoms with Gasteiger partial charge >= 0.3 is 0 Å². The van der Waals surface area contributed by atoms with Crippen molar-refractivity contribution in [3.63, 3.8) is 0 Å². The van der Waals surface area contributed by atoms with Crippen molar-refractivity contribution in [3.05, 3.63) is 94.3 Å². The van der Waals surface area contributed by atoms with Crippen molar-refractivity contribution in [2.75, 3.05) is 42.1 Å². The van der Waals surface area contributed by atoms with E-state index in [1.807, 2.05) is 61.5 Å². The third-order valence-electron chi connectivity index (χ3n) is 6.63. The summed E-state index contributed by atoms with van der Waals surface area (Å²) >= 11 is 1.75. The number of nitrogen functional groups attached to an aromatic ring is 1. The predicted molar refractivity (Wildman–Crippen MR) is 150 cm³/mol. The first-order valence-electron chi connectivity index (χ1n) is 12.3. The molecule has 6 nitrogen and oxygen atoms in total. The number of benzene rings is 2. The number of rotatable bonds is 6. The normalized spacial score (nSPS) is 14.4. The predicted octanol–water partition coefficient (Wildman–Crippen LogP) is 5.67. The van der Waals surface area contributed by atoms with Crippen molar-refractivity contribution in [2.45, 2.75) is 19.9 Å². The number of aryl methyl sites for hydroxylation is 1. The smallest absolute Gasteiger partial charge is 0.255 e. The van der Waals surface area contributed by atoms with Crippen LogP contribution in [0, 0.1) is 6.92 Å². The van der Waals surface area contributed by atoms with Gasteiger partial charge in [0.2, 0.25) is 0 Å². The lowest BCUT2D eigenvalue weighted by atomic mass is 9.97. The molecule has 3 heterocycles. The number of carbonyl (C=O) groups is 1. The number of hydrogen-bond donors (Lipinski definition) is 2. The largest absolute Gasteiger partial charge is 0.399 e. The zero-order chi connectivity index (χ0) is 24.9. The van der Waals surface area contributed by atoms with E-state index in [9.17, 15) is 4.79 Å². The van der Waals surface area contributed by atoms with Crippen molar-refractivity contribution >= 4 is 34.4 Å². The fraction of sp³-hybridized carbons (Fsp3) is 0.241. The molecule has 0 spiro atoms. The second-order valence-electron chi connectivity index (χ2n) is 9.26. The highest BCUT2D eigenvalue weighted by Gasteiger charge is 2.17. The van der Waals surface area contributed by atoms with Crippen LogP contribution in [0.4, 0.5) is 17.2 Å². The zero-order valence-corrected chi connectivity index (χ0v) is 21.3. The summed E-state index contributed by atoms with van der Waals surface area (Å²) in [6.07, 6.45) is 2.85. The molecule has 5 rings (SSSR count). The van der Waals surface area contributed by atoms with Gasteiger partial charge in [-0.3, -0.25) is 9.69 Å². The molecule has 0 aliphatic carbocycles. The summed E-state index contributed by atoms with van der Waals surface area (Å²) in [5.41, 5.74) is 12.4. The maximum Gasteiger partial charge on any atom is 0.255 e. The first-order valence-corrected chi connectivity index (χ1v) is 13.2. The molecule has 4 aromatic rings. The van der Waals surface area contributed by atoms with Crippen LogP contribution in [0.15, 0.2) is 77.6 Å². The molecule has 1 amide bonds. The Labute approximate surface area is 216 Å².